The number of pyridine rings is 1. The third-order valence-electron chi connectivity index (χ3n) is 3.60. The molecule has 0 fully saturated rings. The zero-order valence-corrected chi connectivity index (χ0v) is 13.5. The predicted molar refractivity (Wildman–Crippen MR) is 83.1 cm³/mol. The van der Waals surface area contributed by atoms with Crippen molar-refractivity contribution in [1.82, 2.24) is 9.29 Å². The maximum atomic E-state index is 13.0. The maximum Gasteiger partial charge on any atom is 0.321 e. The van der Waals surface area contributed by atoms with Gasteiger partial charge < -0.3 is 5.11 Å². The molecule has 1 atom stereocenters. The minimum absolute atomic E-state index is 0.0753. The molecule has 0 saturated heterocycles. The quantitative estimate of drug-likeness (QED) is 0.910. The molecule has 7 heteroatoms. The van der Waals surface area contributed by atoms with Gasteiger partial charge in [0.05, 0.1) is 10.4 Å². The van der Waals surface area contributed by atoms with Gasteiger partial charge in [-0.05, 0) is 37.6 Å². The van der Waals surface area contributed by atoms with Gasteiger partial charge >= 0.3 is 5.97 Å². The number of aryl methyl sites for hydroxylation is 1. The average Bonchev–Trinajstić information content (AvgIpc) is 2.46. The number of hydrogen-bond acceptors (Lipinski definition) is 4. The van der Waals surface area contributed by atoms with Crippen molar-refractivity contribution in [2.75, 3.05) is 6.54 Å². The van der Waals surface area contributed by atoms with Crippen molar-refractivity contribution in [3.8, 4) is 0 Å². The van der Waals surface area contributed by atoms with Gasteiger partial charge in [-0.2, -0.15) is 4.31 Å². The molecule has 1 aromatic heterocycles. The van der Waals surface area contributed by atoms with Crippen molar-refractivity contribution in [1.29, 1.82) is 0 Å². The molecule has 1 heterocycles. The number of carbonyl (C=O) groups is 1. The van der Waals surface area contributed by atoms with Crippen LogP contribution in [0.25, 0.3) is 10.9 Å². The van der Waals surface area contributed by atoms with Crippen molar-refractivity contribution in [2.45, 2.75) is 31.7 Å². The molecule has 6 nitrogen and oxygen atoms in total. The number of carboxylic acids is 1. The molecule has 2 aromatic rings. The van der Waals surface area contributed by atoms with E-state index >= 15 is 0 Å². The lowest BCUT2D eigenvalue weighted by molar-refractivity contribution is -0.140. The summed E-state index contributed by atoms with van der Waals surface area (Å²) in [6.45, 7) is 4.75. The van der Waals surface area contributed by atoms with E-state index < -0.39 is 22.0 Å². The topological polar surface area (TPSA) is 87.6 Å². The fourth-order valence-electron chi connectivity index (χ4n) is 2.47. The zero-order chi connectivity index (χ0) is 16.5. The first-order chi connectivity index (χ1) is 10.3. The molecule has 2 rings (SSSR count). The van der Waals surface area contributed by atoms with E-state index in [1.54, 1.807) is 44.3 Å². The summed E-state index contributed by atoms with van der Waals surface area (Å²) in [5.41, 5.74) is 1.13. The Kier molecular flexibility index (Phi) is 4.48. The van der Waals surface area contributed by atoms with Gasteiger partial charge in [-0.15, -0.1) is 0 Å². The summed E-state index contributed by atoms with van der Waals surface area (Å²) in [4.78, 5) is 15.5. The first-order valence-electron chi connectivity index (χ1n) is 6.89. The molecule has 0 radical (unpaired) electrons. The van der Waals surface area contributed by atoms with Gasteiger partial charge in [0.25, 0.3) is 0 Å². The molecule has 0 saturated carbocycles. The lowest BCUT2D eigenvalue weighted by atomic mass is 10.1. The van der Waals surface area contributed by atoms with E-state index in [0.717, 1.165) is 4.31 Å². The molecule has 0 spiro atoms. The van der Waals surface area contributed by atoms with Crippen LogP contribution in [0.5, 0.6) is 0 Å². The number of aliphatic carboxylic acids is 1. The Morgan fingerprint density at radius 3 is 2.64 bits per heavy atom. The molecule has 0 aliphatic rings. The smallest absolute Gasteiger partial charge is 0.321 e. The second-order valence-electron chi connectivity index (χ2n) is 5.00. The van der Waals surface area contributed by atoms with E-state index in [4.69, 9.17) is 5.11 Å². The number of fused-ring (bicyclic) bond motifs is 1. The number of hydrogen-bond donors (Lipinski definition) is 1. The number of carboxylic acid groups (broad SMARTS) is 1. The van der Waals surface area contributed by atoms with Gasteiger partial charge in [-0.1, -0.05) is 13.0 Å². The standard InChI is InChI=1S/C15H18N2O4S/c1-4-17(11(3)15(18)19)22(20,21)14-10(2)7-8-13-12(14)6-5-9-16-13/h5-9,11H,4H2,1-3H3,(H,18,19). The molecule has 0 aliphatic heterocycles. The predicted octanol–water partition coefficient (Wildman–Crippen LogP) is 2.03. The summed E-state index contributed by atoms with van der Waals surface area (Å²) in [7, 11) is -3.94. The monoisotopic (exact) mass is 322 g/mol. The number of sulfonamides is 1. The van der Waals surface area contributed by atoms with E-state index in [1.165, 1.54) is 6.92 Å². The summed E-state index contributed by atoms with van der Waals surface area (Å²) in [5.74, 6) is -1.18. The van der Waals surface area contributed by atoms with Crippen molar-refractivity contribution >= 4 is 26.9 Å². The van der Waals surface area contributed by atoms with Crippen LogP contribution in [0, 0.1) is 6.92 Å². The number of rotatable bonds is 5. The summed E-state index contributed by atoms with van der Waals surface area (Å²) in [6, 6.07) is 5.64. The van der Waals surface area contributed by atoms with E-state index in [1.807, 2.05) is 0 Å². The summed E-state index contributed by atoms with van der Waals surface area (Å²) >= 11 is 0. The zero-order valence-electron chi connectivity index (χ0n) is 12.6. The molecule has 0 bridgehead atoms. The third kappa shape index (κ3) is 2.69. The van der Waals surface area contributed by atoms with Crippen LogP contribution < -0.4 is 0 Å². The number of nitrogens with zero attached hydrogens (tertiary/aromatic N) is 2. The number of aromatic nitrogens is 1. The summed E-state index contributed by atoms with van der Waals surface area (Å²) in [5, 5.41) is 9.66. The van der Waals surface area contributed by atoms with Gasteiger partial charge in [0, 0.05) is 18.1 Å². The highest BCUT2D eigenvalue weighted by atomic mass is 32.2. The lowest BCUT2D eigenvalue weighted by Crippen LogP contribution is -2.43. The Balaban J connectivity index is 2.73. The summed E-state index contributed by atoms with van der Waals surface area (Å²) < 4.78 is 26.9. The normalized spacial score (nSPS) is 13.5. The van der Waals surface area contributed by atoms with E-state index in [2.05, 4.69) is 4.98 Å². The molecule has 118 valence electrons. The van der Waals surface area contributed by atoms with Crippen LogP contribution >= 0.6 is 0 Å². The largest absolute Gasteiger partial charge is 0.480 e. The van der Waals surface area contributed by atoms with Crippen LogP contribution in [0.4, 0.5) is 0 Å². The van der Waals surface area contributed by atoms with Gasteiger partial charge in [-0.3, -0.25) is 9.78 Å². The van der Waals surface area contributed by atoms with Crippen LogP contribution in [0.2, 0.25) is 0 Å². The minimum Gasteiger partial charge on any atom is -0.480 e. The fourth-order valence-corrected chi connectivity index (χ4v) is 4.48. The molecular formula is C15H18N2O4S. The van der Waals surface area contributed by atoms with Crippen LogP contribution in [0.15, 0.2) is 35.4 Å². The lowest BCUT2D eigenvalue weighted by Gasteiger charge is -2.25. The Bertz CT molecular complexity index is 817. The Hall–Kier alpha value is -1.99. The first kappa shape index (κ1) is 16.4. The Labute approximate surface area is 129 Å². The van der Waals surface area contributed by atoms with Crippen LogP contribution in [0.3, 0.4) is 0 Å². The van der Waals surface area contributed by atoms with E-state index in [0.29, 0.717) is 16.5 Å². The van der Waals surface area contributed by atoms with Crippen LogP contribution in [-0.4, -0.2) is 41.4 Å². The van der Waals surface area contributed by atoms with Crippen LogP contribution in [-0.2, 0) is 14.8 Å². The molecular weight excluding hydrogens is 304 g/mol. The van der Waals surface area contributed by atoms with Crippen molar-refractivity contribution in [2.24, 2.45) is 0 Å². The van der Waals surface area contributed by atoms with E-state index in [-0.39, 0.29) is 11.4 Å². The van der Waals surface area contributed by atoms with E-state index in [9.17, 15) is 13.2 Å². The fraction of sp³-hybridized carbons (Fsp3) is 0.333. The highest BCUT2D eigenvalue weighted by molar-refractivity contribution is 7.89. The summed E-state index contributed by atoms with van der Waals surface area (Å²) in [6.07, 6.45) is 1.59. The second-order valence-corrected chi connectivity index (χ2v) is 6.83. The molecule has 1 unspecified atom stereocenters. The molecule has 0 aliphatic carbocycles. The van der Waals surface area contributed by atoms with Gasteiger partial charge in [-0.25, -0.2) is 8.42 Å². The van der Waals surface area contributed by atoms with Gasteiger partial charge in [0.2, 0.25) is 10.0 Å². The number of benzene rings is 1. The molecule has 0 amide bonds. The molecule has 1 aromatic carbocycles. The highest BCUT2D eigenvalue weighted by Crippen LogP contribution is 2.29. The third-order valence-corrected chi connectivity index (χ3v) is 5.85. The minimum atomic E-state index is -3.94. The van der Waals surface area contributed by atoms with Crippen molar-refractivity contribution in [3.05, 3.63) is 36.0 Å². The Morgan fingerprint density at radius 1 is 1.36 bits per heavy atom. The van der Waals surface area contributed by atoms with Crippen LogP contribution in [0.1, 0.15) is 19.4 Å². The SMILES string of the molecule is CCN(C(C)C(=O)O)S(=O)(=O)c1c(C)ccc2ncccc12. The highest BCUT2D eigenvalue weighted by Gasteiger charge is 2.33. The maximum absolute atomic E-state index is 13.0. The molecule has 1 N–H and O–H groups in total. The second kappa shape index (κ2) is 6.02. The van der Waals surface area contributed by atoms with Gasteiger partial charge in [0.15, 0.2) is 0 Å². The Morgan fingerprint density at radius 2 is 2.05 bits per heavy atom. The van der Waals surface area contributed by atoms with Crippen molar-refractivity contribution in [3.63, 3.8) is 0 Å². The van der Waals surface area contributed by atoms with Gasteiger partial charge in [0.1, 0.15) is 6.04 Å². The van der Waals surface area contributed by atoms with Crippen molar-refractivity contribution < 1.29 is 18.3 Å². The first-order valence-corrected chi connectivity index (χ1v) is 8.33. The molecule has 22 heavy (non-hydrogen) atoms. The average molecular weight is 322 g/mol. The number of likely N-dealkylation sites (N-methyl/N-ethyl adjacent to an activating group) is 1.